The first-order valence-electron chi connectivity index (χ1n) is 13.2. The minimum Gasteiger partial charge on any atom is -0.478 e. The van der Waals surface area contributed by atoms with Crippen LogP contribution in [-0.2, 0) is 10.0 Å². The first-order valence-corrected chi connectivity index (χ1v) is 15.9. The number of nitrogens with zero attached hydrogens (tertiary/aromatic N) is 5. The van der Waals surface area contributed by atoms with Gasteiger partial charge >= 0.3 is 12.5 Å². The summed E-state index contributed by atoms with van der Waals surface area (Å²) >= 11 is 7.71. The van der Waals surface area contributed by atoms with Gasteiger partial charge in [0, 0.05) is 52.6 Å². The summed E-state index contributed by atoms with van der Waals surface area (Å²) in [5.74, 6) is -1.61. The number of aromatic nitrogens is 3. The van der Waals surface area contributed by atoms with E-state index in [0.29, 0.717) is 32.4 Å². The van der Waals surface area contributed by atoms with Crippen LogP contribution in [0.2, 0.25) is 5.02 Å². The lowest BCUT2D eigenvalue weighted by Gasteiger charge is -2.32. The number of sulfonamides is 1. The molecule has 6 rings (SSSR count). The van der Waals surface area contributed by atoms with Gasteiger partial charge in [-0.25, -0.2) is 32.0 Å². The fraction of sp³-hybridized carbons (Fsp3) is 0.214. The van der Waals surface area contributed by atoms with Gasteiger partial charge in [0.25, 0.3) is 0 Å². The van der Waals surface area contributed by atoms with E-state index in [1.54, 1.807) is 16.5 Å². The molecule has 0 aliphatic carbocycles. The normalized spacial score (nSPS) is 20.1. The first-order chi connectivity index (χ1) is 21.3. The van der Waals surface area contributed by atoms with Crippen molar-refractivity contribution >= 4 is 50.3 Å². The Kier molecular flexibility index (Phi) is 8.03. The molecule has 3 N–H and O–H groups in total. The van der Waals surface area contributed by atoms with Gasteiger partial charge in [0.1, 0.15) is 17.5 Å². The molecule has 2 aliphatic rings. The summed E-state index contributed by atoms with van der Waals surface area (Å²) in [5, 5.41) is 27.3. The number of hydrogen-bond acceptors (Lipinski definition) is 9. The summed E-state index contributed by atoms with van der Waals surface area (Å²) in [7, 11) is -4.27. The van der Waals surface area contributed by atoms with Gasteiger partial charge in [0.2, 0.25) is 10.0 Å². The molecular formula is C28H22ClF3N6O5S2. The largest absolute Gasteiger partial charge is 0.478 e. The molecule has 45 heavy (non-hydrogen) atoms. The molecule has 0 spiro atoms. The van der Waals surface area contributed by atoms with Gasteiger partial charge in [-0.3, -0.25) is 4.99 Å². The van der Waals surface area contributed by atoms with Gasteiger partial charge in [-0.2, -0.15) is 13.9 Å². The number of rotatable bonds is 9. The molecule has 0 bridgehead atoms. The van der Waals surface area contributed by atoms with Crippen LogP contribution in [0, 0.1) is 5.82 Å². The monoisotopic (exact) mass is 678 g/mol. The number of alkyl halides is 2. The second kappa shape index (κ2) is 11.7. The van der Waals surface area contributed by atoms with Crippen LogP contribution in [0.1, 0.15) is 45.6 Å². The zero-order chi connectivity index (χ0) is 32.1. The van der Waals surface area contributed by atoms with E-state index < -0.39 is 46.5 Å². The fourth-order valence-corrected chi connectivity index (χ4v) is 7.35. The van der Waals surface area contributed by atoms with Crippen molar-refractivity contribution in [3.8, 4) is 0 Å². The van der Waals surface area contributed by atoms with Crippen molar-refractivity contribution in [2.45, 2.75) is 29.5 Å². The number of carbonyl (C=O) groups is 1. The zero-order valence-electron chi connectivity index (χ0n) is 22.8. The molecule has 2 aromatic heterocycles. The Bertz CT molecular complexity index is 1970. The van der Waals surface area contributed by atoms with E-state index in [1.165, 1.54) is 47.7 Å². The van der Waals surface area contributed by atoms with Gasteiger partial charge in [0.05, 0.1) is 22.7 Å². The van der Waals surface area contributed by atoms with E-state index in [9.17, 15) is 36.6 Å². The Morgan fingerprint density at radius 2 is 2.02 bits per heavy atom. The van der Waals surface area contributed by atoms with Gasteiger partial charge in [-0.05, 0) is 36.4 Å². The van der Waals surface area contributed by atoms with Crippen LogP contribution in [0.25, 0.3) is 5.57 Å². The first kappa shape index (κ1) is 30.9. The van der Waals surface area contributed by atoms with Gasteiger partial charge in [-0.15, -0.1) is 11.3 Å². The van der Waals surface area contributed by atoms with Gasteiger partial charge in [-0.1, -0.05) is 23.7 Å². The third-order valence-corrected chi connectivity index (χ3v) is 9.81. The SMILES string of the molecule is O=C(O)c1cccc(S(=O)(=O)NC[C@@]2(O)CC3=C(c4ccn(C(F)F)n4)[C@H](c4ccc(F)cc4Cl)N=C(c4nccs4)N3C2)c1. The van der Waals surface area contributed by atoms with Crippen LogP contribution in [0.5, 0.6) is 0 Å². The van der Waals surface area contributed by atoms with Crippen molar-refractivity contribution in [1.29, 1.82) is 0 Å². The van der Waals surface area contributed by atoms with E-state index in [1.807, 2.05) is 0 Å². The molecule has 4 aromatic rings. The van der Waals surface area contributed by atoms with Crippen molar-refractivity contribution in [3.63, 3.8) is 0 Å². The Morgan fingerprint density at radius 3 is 2.69 bits per heavy atom. The molecule has 2 atom stereocenters. The lowest BCUT2D eigenvalue weighted by Crippen LogP contribution is -2.45. The molecule has 11 nitrogen and oxygen atoms in total. The maximum absolute atomic E-state index is 14.0. The van der Waals surface area contributed by atoms with Crippen molar-refractivity contribution in [2.24, 2.45) is 4.99 Å². The number of carboxylic acid groups (broad SMARTS) is 1. The number of benzene rings is 2. The smallest absolute Gasteiger partial charge is 0.335 e. The quantitative estimate of drug-likeness (QED) is 0.233. The molecule has 0 amide bonds. The topological polar surface area (TPSA) is 150 Å². The number of amidine groups is 1. The Morgan fingerprint density at radius 1 is 1.22 bits per heavy atom. The van der Waals surface area contributed by atoms with E-state index in [0.717, 1.165) is 18.3 Å². The molecule has 234 valence electrons. The lowest BCUT2D eigenvalue weighted by molar-refractivity contribution is 0.0564. The van der Waals surface area contributed by atoms with Crippen molar-refractivity contribution in [2.75, 3.05) is 13.1 Å². The summed E-state index contributed by atoms with van der Waals surface area (Å²) in [5.41, 5.74) is -0.857. The summed E-state index contributed by atoms with van der Waals surface area (Å²) in [4.78, 5) is 21.9. The highest BCUT2D eigenvalue weighted by atomic mass is 35.5. The lowest BCUT2D eigenvalue weighted by atomic mass is 9.91. The molecule has 4 heterocycles. The van der Waals surface area contributed by atoms with E-state index in [2.05, 4.69) is 14.8 Å². The Labute approximate surface area is 263 Å². The second-order valence-electron chi connectivity index (χ2n) is 10.3. The molecule has 2 aromatic carbocycles. The molecule has 0 saturated carbocycles. The molecule has 0 unspecified atom stereocenters. The zero-order valence-corrected chi connectivity index (χ0v) is 25.2. The van der Waals surface area contributed by atoms with E-state index in [4.69, 9.17) is 16.6 Å². The predicted molar refractivity (Wildman–Crippen MR) is 158 cm³/mol. The average molecular weight is 679 g/mol. The highest BCUT2D eigenvalue weighted by Crippen LogP contribution is 2.48. The minimum absolute atomic E-state index is 0.0201. The summed E-state index contributed by atoms with van der Waals surface area (Å²) in [6.07, 6.45) is 2.45. The van der Waals surface area contributed by atoms with Crippen molar-refractivity contribution in [3.05, 3.63) is 105 Å². The van der Waals surface area contributed by atoms with Crippen LogP contribution >= 0.6 is 22.9 Å². The second-order valence-corrected chi connectivity index (χ2v) is 13.4. The number of hydrogen-bond donors (Lipinski definition) is 3. The summed E-state index contributed by atoms with van der Waals surface area (Å²) in [6, 6.07) is 8.83. The molecule has 1 saturated heterocycles. The van der Waals surface area contributed by atoms with Crippen LogP contribution in [0.4, 0.5) is 13.2 Å². The predicted octanol–water partition coefficient (Wildman–Crippen LogP) is 4.55. The van der Waals surface area contributed by atoms with E-state index in [-0.39, 0.29) is 34.1 Å². The molecular weight excluding hydrogens is 657 g/mol. The van der Waals surface area contributed by atoms with Gasteiger partial charge < -0.3 is 15.1 Å². The number of aromatic carboxylic acids is 1. The third kappa shape index (κ3) is 5.98. The molecule has 1 fully saturated rings. The molecule has 0 radical (unpaired) electrons. The van der Waals surface area contributed by atoms with Crippen LogP contribution < -0.4 is 4.72 Å². The highest BCUT2D eigenvalue weighted by Gasteiger charge is 2.47. The Balaban J connectivity index is 1.44. The number of aliphatic imine (C=N–C) groups is 1. The number of nitrogens with one attached hydrogen (secondary N) is 1. The maximum atomic E-state index is 14.0. The van der Waals surface area contributed by atoms with Crippen molar-refractivity contribution < 1.29 is 36.6 Å². The fourth-order valence-electron chi connectivity index (χ4n) is 5.27. The summed E-state index contributed by atoms with van der Waals surface area (Å²) < 4.78 is 70.3. The number of carboxylic acids is 1. The van der Waals surface area contributed by atoms with Crippen LogP contribution in [0.15, 0.2) is 81.9 Å². The number of thiazole rings is 1. The van der Waals surface area contributed by atoms with Crippen molar-refractivity contribution in [1.82, 2.24) is 24.4 Å². The maximum Gasteiger partial charge on any atom is 0.335 e. The number of aliphatic hydroxyl groups is 1. The Hall–Kier alpha value is -4.09. The highest BCUT2D eigenvalue weighted by molar-refractivity contribution is 7.89. The third-order valence-electron chi connectivity index (χ3n) is 7.31. The standard InChI is InChI=1S/C28H22ClF3N6O5S2/c29-19-11-16(30)4-5-18(19)23-22(20-6-8-38(36-20)27(31)32)21-12-28(41,14-37(21)24(35-23)25-33-7-9-44-25)13-34-45(42,43)17-3-1-2-15(10-17)26(39)40/h1-11,23,27,34,41H,12-14H2,(H,39,40)/t23-,28-/m0/s1. The minimum atomic E-state index is -4.27. The summed E-state index contributed by atoms with van der Waals surface area (Å²) in [6.45, 7) is -3.62. The van der Waals surface area contributed by atoms with Crippen LogP contribution in [-0.4, -0.2) is 68.8 Å². The number of halogens is 4. The van der Waals surface area contributed by atoms with E-state index >= 15 is 0 Å². The average Bonchev–Trinajstić information content (AvgIpc) is 3.76. The molecule has 2 aliphatic heterocycles. The number of fused-ring (bicyclic) bond motifs is 1. The van der Waals surface area contributed by atoms with Crippen LogP contribution in [0.3, 0.4) is 0 Å². The van der Waals surface area contributed by atoms with Gasteiger partial charge in [0.15, 0.2) is 10.8 Å². The molecule has 17 heteroatoms.